The number of hydrogen-bond donors (Lipinski definition) is 0. The molecule has 0 aromatic heterocycles. The van der Waals surface area contributed by atoms with Gasteiger partial charge in [0, 0.05) is 120 Å². The van der Waals surface area contributed by atoms with E-state index in [1.165, 1.54) is 30.1 Å². The highest BCUT2D eigenvalue weighted by molar-refractivity contribution is 5.92. The minimum atomic E-state index is 0.00704. The maximum absolute atomic E-state index is 4.79. The lowest BCUT2D eigenvalue weighted by molar-refractivity contribution is -0.293. The van der Waals surface area contributed by atoms with E-state index in [0.717, 1.165) is 35.0 Å². The first-order chi connectivity index (χ1) is 55.2. The van der Waals surface area contributed by atoms with Gasteiger partial charge in [-0.15, -0.1) is 0 Å². The Morgan fingerprint density at radius 3 is 0.414 bits per heavy atom. The van der Waals surface area contributed by atoms with Crippen molar-refractivity contribution in [3.8, 4) is 0 Å². The van der Waals surface area contributed by atoms with Gasteiger partial charge in [-0.05, 0) is 343 Å². The molecule has 16 nitrogen and oxygen atoms in total. The second-order valence-electron chi connectivity index (χ2n) is 56.0. The van der Waals surface area contributed by atoms with Crippen molar-refractivity contribution in [2.45, 2.75) is 558 Å². The third-order valence-electron chi connectivity index (χ3n) is 45.6. The monoisotopic (exact) mass is 1790 g/mol. The molecular weight excluding hydrogens is 1570 g/mol. The number of piperidine rings is 3. The Bertz CT molecular complexity index is 3850. The van der Waals surface area contributed by atoms with E-state index in [-0.39, 0.29) is 143 Å². The Morgan fingerprint density at radius 2 is 0.305 bits per heavy atom. The van der Waals surface area contributed by atoms with Crippen LogP contribution in [0.4, 0.5) is 0 Å². The molecule has 0 radical (unpaired) electrons. The summed E-state index contributed by atoms with van der Waals surface area (Å²) in [5.41, 5.74) is 8.75. The first kappa shape index (κ1) is 120. The van der Waals surface area contributed by atoms with E-state index in [0.29, 0.717) is 16.2 Å². The summed E-state index contributed by atoms with van der Waals surface area (Å²) in [5.74, 6) is 6.83. The molecule has 0 unspecified atom stereocenters. The van der Waals surface area contributed by atoms with Gasteiger partial charge >= 0.3 is 0 Å². The number of likely N-dealkylation sites (N-methyl/N-ethyl adjacent to an activating group) is 3. The van der Waals surface area contributed by atoms with Crippen LogP contribution in [-0.4, -0.2) is 229 Å². The maximum atomic E-state index is 4.79. The second kappa shape index (κ2) is 34.8. The van der Waals surface area contributed by atoms with Crippen LogP contribution in [0.15, 0.2) is 44.9 Å². The van der Waals surface area contributed by atoms with E-state index in [1.807, 2.05) is 0 Å². The standard InChI is InChI=1S/C16H31N.3C12H24N2.3C11H21N.3C9H18N2/c1-12(2)14(5,6)17-11-10-16(12,9)13(3,4)15(17,7)8;3*1-9-13-11(4,5)10(2,3)12(6,7)14(9)8;3*1-8-9(2,3)10(4,5)11(6,7)12-8;3*1-7-10-8(2,3)9(4,5)11(7)6/h10-11H2,1-9H3;3*1-8H3;3*1-7H3;3*1-6H3. The summed E-state index contributed by atoms with van der Waals surface area (Å²) in [4.78, 5) is 58.7. The smallest absolute Gasteiger partial charge is 0.0967 e. The molecule has 0 spiro atoms. The van der Waals surface area contributed by atoms with Gasteiger partial charge in [0.1, 0.15) is 0 Å². The zero-order valence-corrected chi connectivity index (χ0v) is 99.6. The van der Waals surface area contributed by atoms with Crippen LogP contribution in [0.1, 0.15) is 463 Å². The fourth-order valence-corrected chi connectivity index (χ4v) is 21.6. The van der Waals surface area contributed by atoms with Crippen molar-refractivity contribution in [2.24, 2.45) is 110 Å². The summed E-state index contributed by atoms with van der Waals surface area (Å²) in [6, 6.07) is 0. The molecule has 0 aromatic rings. The molecule has 16 heteroatoms. The predicted octanol–water partition coefficient (Wildman–Crippen LogP) is 28.7. The van der Waals surface area contributed by atoms with Crippen LogP contribution in [0.2, 0.25) is 0 Å². The Balaban J connectivity index is 0.000000483. The third-order valence-corrected chi connectivity index (χ3v) is 45.6. The van der Waals surface area contributed by atoms with Crippen LogP contribution >= 0.6 is 0 Å². The Hall–Kier alpha value is -4.21. The van der Waals surface area contributed by atoms with Gasteiger partial charge in [-0.2, -0.15) is 0 Å². The summed E-state index contributed by atoms with van der Waals surface area (Å²) in [7, 11) is 12.7. The van der Waals surface area contributed by atoms with Crippen LogP contribution < -0.4 is 0 Å². The van der Waals surface area contributed by atoms with E-state index in [1.54, 1.807) is 0 Å². The molecular formula is C112H220N16. The molecule has 12 heterocycles. The lowest BCUT2D eigenvalue weighted by Gasteiger charge is -2.79. The highest BCUT2D eigenvalue weighted by atomic mass is 15.4. The first-order valence-corrected chi connectivity index (χ1v) is 49.5. The van der Waals surface area contributed by atoms with Crippen molar-refractivity contribution < 1.29 is 0 Å². The maximum Gasteiger partial charge on any atom is 0.0967 e. The molecule has 0 aromatic carbocycles. The van der Waals surface area contributed by atoms with Crippen LogP contribution in [-0.2, 0) is 0 Å². The summed E-state index contributed by atoms with van der Waals surface area (Å²) in [5, 5.41) is 0. The molecule has 3 saturated heterocycles. The van der Waals surface area contributed by atoms with E-state index in [9.17, 15) is 0 Å². The lowest BCUT2D eigenvalue weighted by atomic mass is 9.37. The molecule has 0 amide bonds. The van der Waals surface area contributed by atoms with Crippen molar-refractivity contribution in [3.63, 3.8) is 0 Å². The van der Waals surface area contributed by atoms with Gasteiger partial charge in [-0.25, -0.2) is 0 Å². The molecule has 12 rings (SSSR count). The van der Waals surface area contributed by atoms with E-state index in [4.69, 9.17) is 30.0 Å². The number of nitrogens with zero attached hydrogens (tertiary/aromatic N) is 16. The Labute approximate surface area is 798 Å². The Kier molecular flexibility index (Phi) is 32.6. The number of hydrogen-bond acceptors (Lipinski definition) is 16. The number of amidine groups is 6. The van der Waals surface area contributed by atoms with Gasteiger partial charge in [0.2, 0.25) is 0 Å². The molecule has 2 bridgehead atoms. The molecule has 3 fully saturated rings. The molecule has 12 aliphatic heterocycles. The van der Waals surface area contributed by atoms with Gasteiger partial charge in [0.05, 0.1) is 101 Å². The quantitative estimate of drug-likeness (QED) is 0.236. The average Bonchev–Trinajstić information content (AvgIpc) is 0.982. The molecule has 748 valence electrons. The molecule has 0 aliphatic carbocycles. The van der Waals surface area contributed by atoms with Gasteiger partial charge < -0.3 is 29.4 Å². The van der Waals surface area contributed by atoms with Crippen LogP contribution in [0.3, 0.4) is 0 Å². The van der Waals surface area contributed by atoms with Gasteiger partial charge in [-0.1, -0.05) is 159 Å². The highest BCUT2D eigenvalue weighted by Gasteiger charge is 2.73. The van der Waals surface area contributed by atoms with Gasteiger partial charge in [0.15, 0.2) is 0 Å². The summed E-state index contributed by atoms with van der Waals surface area (Å²) < 4.78 is 0. The second-order valence-corrected chi connectivity index (χ2v) is 56.0. The molecule has 0 N–H and O–H groups in total. The third kappa shape index (κ3) is 18.8. The van der Waals surface area contributed by atoms with Gasteiger partial charge in [0.25, 0.3) is 0 Å². The number of fused-ring (bicyclic) bond motifs is 3. The number of aliphatic imine (C=N–C) groups is 9. The predicted molar refractivity (Wildman–Crippen MR) is 575 cm³/mol. The van der Waals surface area contributed by atoms with E-state index < -0.39 is 0 Å². The topological polar surface area (TPSA) is 134 Å². The minimum Gasteiger partial charge on any atom is -0.358 e. The van der Waals surface area contributed by atoms with Crippen molar-refractivity contribution >= 4 is 52.1 Å². The van der Waals surface area contributed by atoms with Crippen LogP contribution in [0.25, 0.3) is 0 Å². The normalized spacial score (nSPS) is 30.8. The first-order valence-electron chi connectivity index (χ1n) is 49.5. The van der Waals surface area contributed by atoms with E-state index in [2.05, 4.69) is 549 Å². The largest absolute Gasteiger partial charge is 0.358 e. The molecule has 128 heavy (non-hydrogen) atoms. The van der Waals surface area contributed by atoms with Crippen molar-refractivity contribution in [1.82, 2.24) is 34.3 Å². The number of rotatable bonds is 0. The van der Waals surface area contributed by atoms with Gasteiger partial charge in [-0.3, -0.25) is 49.8 Å². The lowest BCUT2D eigenvalue weighted by Crippen LogP contribution is -2.82. The summed E-state index contributed by atoms with van der Waals surface area (Å²) in [6.45, 7) is 151. The summed E-state index contributed by atoms with van der Waals surface area (Å²) >= 11 is 0. The molecule has 0 saturated carbocycles. The zero-order chi connectivity index (χ0) is 104. The molecule has 12 aliphatic rings. The van der Waals surface area contributed by atoms with Crippen molar-refractivity contribution in [3.05, 3.63) is 0 Å². The SMILES string of the molecule is CC1(C)N2CCC(C)(C1(C)C)C(C)(C)C2(C)C.CC1=NC(C)(C)C(C)(C)C(C)(C)N1C.CC1=NC(C)(C)C(C)(C)C(C)(C)N1C.CC1=NC(C)(C)C(C)(C)C(C)(C)N1C.CC1=NC(C)(C)C(C)(C)C1(C)C.CC1=NC(C)(C)C(C)(C)C1(C)C.CC1=NC(C)(C)C(C)(C)C1(C)C.CC1=NC(C)(C)C(C)(C)N1C.CC1=NC(C)(C)C(C)(C)N1C.CC1=NC(C)(C)C(C)(C)N1C. The van der Waals surface area contributed by atoms with Crippen LogP contribution in [0.5, 0.6) is 0 Å². The minimum absolute atomic E-state index is 0.00704. The van der Waals surface area contributed by atoms with Crippen molar-refractivity contribution in [2.75, 3.05) is 48.8 Å². The average molecular weight is 1790 g/mol. The highest BCUT2D eigenvalue weighted by Crippen LogP contribution is 2.72. The Morgan fingerprint density at radius 1 is 0.164 bits per heavy atom. The summed E-state index contributed by atoms with van der Waals surface area (Å²) in [6.07, 6.45) is 1.33. The molecule has 0 atom stereocenters. The fourth-order valence-electron chi connectivity index (χ4n) is 21.6. The van der Waals surface area contributed by atoms with E-state index >= 15 is 0 Å². The van der Waals surface area contributed by atoms with Crippen molar-refractivity contribution in [1.29, 1.82) is 0 Å². The van der Waals surface area contributed by atoms with Crippen LogP contribution in [0, 0.1) is 65.0 Å². The fraction of sp³-hybridized carbons (Fsp3) is 0.920. The zero-order valence-electron chi connectivity index (χ0n) is 99.6.